The number of hydrogen-bond acceptors (Lipinski definition) is 3. The van der Waals surface area contributed by atoms with E-state index >= 15 is 0 Å². The Morgan fingerprint density at radius 3 is 2.76 bits per heavy atom. The predicted molar refractivity (Wildman–Crippen MR) is 62.1 cm³/mol. The van der Waals surface area contributed by atoms with Gasteiger partial charge in [0.1, 0.15) is 5.82 Å². The number of carboxylic acid groups (broad SMARTS) is 1. The molecule has 0 saturated heterocycles. The molecule has 0 amide bonds. The molecule has 1 aromatic rings. The lowest BCUT2D eigenvalue weighted by atomic mass is 9.95. The first-order valence-corrected chi connectivity index (χ1v) is 6.24. The van der Waals surface area contributed by atoms with Crippen molar-refractivity contribution in [2.45, 2.75) is 50.9 Å². The van der Waals surface area contributed by atoms with Gasteiger partial charge in [0.15, 0.2) is 0 Å². The van der Waals surface area contributed by atoms with Crippen LogP contribution >= 0.6 is 0 Å². The molecule has 4 heteroatoms. The number of nitrogens with zero attached hydrogens (tertiary/aromatic N) is 2. The molecular formula is C13H16N2O2. The molecule has 0 aromatic carbocycles. The van der Waals surface area contributed by atoms with Gasteiger partial charge in [-0.05, 0) is 44.1 Å². The van der Waals surface area contributed by atoms with Crippen LogP contribution in [-0.4, -0.2) is 21.0 Å². The third-order valence-electron chi connectivity index (χ3n) is 3.69. The fourth-order valence-corrected chi connectivity index (χ4v) is 2.84. The molecule has 1 heterocycles. The summed E-state index contributed by atoms with van der Waals surface area (Å²) in [5.74, 6) is 0.824. The van der Waals surface area contributed by atoms with E-state index in [9.17, 15) is 4.79 Å². The third-order valence-corrected chi connectivity index (χ3v) is 3.69. The van der Waals surface area contributed by atoms with Crippen LogP contribution in [0, 0.1) is 6.92 Å². The smallest absolute Gasteiger partial charge is 0.303 e. The van der Waals surface area contributed by atoms with Gasteiger partial charge in [-0.15, -0.1) is 0 Å². The van der Waals surface area contributed by atoms with Crippen LogP contribution in [0.1, 0.15) is 60.3 Å². The molecule has 0 radical (unpaired) electrons. The second kappa shape index (κ2) is 3.79. The van der Waals surface area contributed by atoms with E-state index < -0.39 is 5.97 Å². The number of rotatable bonds is 3. The van der Waals surface area contributed by atoms with Gasteiger partial charge in [-0.25, -0.2) is 9.97 Å². The first kappa shape index (κ1) is 10.7. The Labute approximate surface area is 100 Å². The zero-order valence-corrected chi connectivity index (χ0v) is 9.94. The summed E-state index contributed by atoms with van der Waals surface area (Å²) in [6.07, 6.45) is 4.44. The Balaban J connectivity index is 2.02. The lowest BCUT2D eigenvalue weighted by molar-refractivity contribution is -0.137. The van der Waals surface area contributed by atoms with E-state index in [1.165, 1.54) is 18.4 Å². The molecule has 3 rings (SSSR count). The van der Waals surface area contributed by atoms with Crippen molar-refractivity contribution in [3.05, 3.63) is 22.8 Å². The lowest BCUT2D eigenvalue weighted by Gasteiger charge is -2.13. The van der Waals surface area contributed by atoms with Crippen LogP contribution in [0.4, 0.5) is 0 Å². The molecule has 4 nitrogen and oxygen atoms in total. The van der Waals surface area contributed by atoms with Crippen molar-refractivity contribution in [2.75, 3.05) is 0 Å². The van der Waals surface area contributed by atoms with Gasteiger partial charge >= 0.3 is 5.97 Å². The maximum atomic E-state index is 10.9. The summed E-state index contributed by atoms with van der Waals surface area (Å²) in [4.78, 5) is 19.9. The zero-order valence-electron chi connectivity index (χ0n) is 9.94. The highest BCUT2D eigenvalue weighted by Crippen LogP contribution is 2.46. The van der Waals surface area contributed by atoms with E-state index in [0.29, 0.717) is 5.92 Å². The Bertz CT molecular complexity index is 481. The number of aryl methyl sites for hydroxylation is 2. The molecule has 2 aliphatic rings. The van der Waals surface area contributed by atoms with Crippen molar-refractivity contribution in [1.29, 1.82) is 0 Å². The van der Waals surface area contributed by atoms with Crippen molar-refractivity contribution in [2.24, 2.45) is 0 Å². The summed E-state index contributed by atoms with van der Waals surface area (Å²) in [7, 11) is 0. The Kier molecular flexibility index (Phi) is 2.38. The summed E-state index contributed by atoms with van der Waals surface area (Å²) in [6.45, 7) is 1.93. The Morgan fingerprint density at radius 2 is 2.12 bits per heavy atom. The average molecular weight is 232 g/mol. The van der Waals surface area contributed by atoms with Crippen molar-refractivity contribution >= 4 is 5.97 Å². The van der Waals surface area contributed by atoms with E-state index in [-0.39, 0.29) is 12.3 Å². The molecule has 1 aromatic heterocycles. The Morgan fingerprint density at radius 1 is 1.35 bits per heavy atom. The molecule has 1 atom stereocenters. The van der Waals surface area contributed by atoms with Gasteiger partial charge in [-0.1, -0.05) is 0 Å². The molecule has 1 saturated carbocycles. The summed E-state index contributed by atoms with van der Waals surface area (Å²) < 4.78 is 0. The van der Waals surface area contributed by atoms with Gasteiger partial charge in [0.2, 0.25) is 0 Å². The van der Waals surface area contributed by atoms with Crippen molar-refractivity contribution in [1.82, 2.24) is 9.97 Å². The second-order valence-electron chi connectivity index (χ2n) is 5.12. The molecule has 2 aliphatic carbocycles. The van der Waals surface area contributed by atoms with E-state index in [2.05, 4.69) is 9.97 Å². The number of carbonyl (C=O) groups is 1. The second-order valence-corrected chi connectivity index (χ2v) is 5.12. The predicted octanol–water partition coefficient (Wildman–Crippen LogP) is 2.17. The van der Waals surface area contributed by atoms with Gasteiger partial charge in [0.05, 0.1) is 12.1 Å². The largest absolute Gasteiger partial charge is 0.481 e. The number of aliphatic carboxylic acids is 1. The van der Waals surface area contributed by atoms with E-state index in [4.69, 9.17) is 5.11 Å². The number of carboxylic acids is 1. The molecule has 0 aliphatic heterocycles. The maximum Gasteiger partial charge on any atom is 0.303 e. The number of aromatic nitrogens is 2. The van der Waals surface area contributed by atoms with Gasteiger partial charge in [0.25, 0.3) is 0 Å². The molecule has 17 heavy (non-hydrogen) atoms. The van der Waals surface area contributed by atoms with Crippen molar-refractivity contribution in [3.8, 4) is 0 Å². The normalized spacial score (nSPS) is 22.5. The highest BCUT2D eigenvalue weighted by molar-refractivity contribution is 5.68. The van der Waals surface area contributed by atoms with Gasteiger partial charge in [0, 0.05) is 11.6 Å². The van der Waals surface area contributed by atoms with Crippen LogP contribution in [0.25, 0.3) is 0 Å². The maximum absolute atomic E-state index is 10.9. The SMILES string of the molecule is Cc1nc2c(c(C3CC3)n1)C(CC(=O)O)CC2. The quantitative estimate of drug-likeness (QED) is 0.867. The third kappa shape index (κ3) is 1.92. The van der Waals surface area contributed by atoms with E-state index in [1.54, 1.807) is 0 Å². The van der Waals surface area contributed by atoms with Crippen molar-refractivity contribution < 1.29 is 9.90 Å². The highest BCUT2D eigenvalue weighted by Gasteiger charge is 2.35. The monoisotopic (exact) mass is 232 g/mol. The van der Waals surface area contributed by atoms with Gasteiger partial charge in [-0.3, -0.25) is 4.79 Å². The molecule has 1 N–H and O–H groups in total. The van der Waals surface area contributed by atoms with Crippen LogP contribution in [0.3, 0.4) is 0 Å². The topological polar surface area (TPSA) is 63.1 Å². The zero-order chi connectivity index (χ0) is 12.0. The fraction of sp³-hybridized carbons (Fsp3) is 0.615. The van der Waals surface area contributed by atoms with Gasteiger partial charge in [-0.2, -0.15) is 0 Å². The van der Waals surface area contributed by atoms with Crippen LogP contribution in [-0.2, 0) is 11.2 Å². The number of fused-ring (bicyclic) bond motifs is 1. The van der Waals surface area contributed by atoms with E-state index in [0.717, 1.165) is 30.1 Å². The van der Waals surface area contributed by atoms with Crippen LogP contribution in [0.15, 0.2) is 0 Å². The minimum atomic E-state index is -0.717. The first-order chi connectivity index (χ1) is 8.15. The van der Waals surface area contributed by atoms with Crippen LogP contribution in [0.2, 0.25) is 0 Å². The van der Waals surface area contributed by atoms with Crippen LogP contribution in [0.5, 0.6) is 0 Å². The number of hydrogen-bond donors (Lipinski definition) is 1. The van der Waals surface area contributed by atoms with Crippen LogP contribution < -0.4 is 0 Å². The highest BCUT2D eigenvalue weighted by atomic mass is 16.4. The van der Waals surface area contributed by atoms with Crippen molar-refractivity contribution in [3.63, 3.8) is 0 Å². The first-order valence-electron chi connectivity index (χ1n) is 6.24. The average Bonchev–Trinajstić information content (AvgIpc) is 3.01. The molecule has 0 spiro atoms. The summed E-state index contributed by atoms with van der Waals surface area (Å²) >= 11 is 0. The van der Waals surface area contributed by atoms with E-state index in [1.807, 2.05) is 6.92 Å². The molecule has 0 bridgehead atoms. The minimum Gasteiger partial charge on any atom is -0.481 e. The summed E-state index contributed by atoms with van der Waals surface area (Å²) in [5, 5.41) is 8.96. The lowest BCUT2D eigenvalue weighted by Crippen LogP contribution is -2.08. The minimum absolute atomic E-state index is 0.138. The van der Waals surface area contributed by atoms with Gasteiger partial charge < -0.3 is 5.11 Å². The summed E-state index contributed by atoms with van der Waals surface area (Å²) in [6, 6.07) is 0. The fourth-order valence-electron chi connectivity index (χ4n) is 2.84. The molecular weight excluding hydrogens is 216 g/mol. The Hall–Kier alpha value is -1.45. The molecule has 1 fully saturated rings. The summed E-state index contributed by atoms with van der Waals surface area (Å²) in [5.41, 5.74) is 3.42. The standard InChI is InChI=1S/C13H16N2O2/c1-7-14-10-5-4-9(6-11(16)17)12(10)13(15-7)8-2-3-8/h8-9H,2-6H2,1H3,(H,16,17). The molecule has 90 valence electrons. The molecule has 1 unspecified atom stereocenters.